The van der Waals surface area contributed by atoms with Crippen molar-refractivity contribution in [3.63, 3.8) is 0 Å². The average molecular weight is 577 g/mol. The largest absolute Gasteiger partial charge is 0.380 e. The summed E-state index contributed by atoms with van der Waals surface area (Å²) in [5, 5.41) is 9.85. The van der Waals surface area contributed by atoms with E-state index in [2.05, 4.69) is 30.8 Å². The Labute approximate surface area is 245 Å². The van der Waals surface area contributed by atoms with Gasteiger partial charge in [-0.3, -0.25) is 9.78 Å². The molecule has 5 aliphatic heterocycles. The predicted octanol–water partition coefficient (Wildman–Crippen LogP) is 0.275. The van der Waals surface area contributed by atoms with Crippen molar-refractivity contribution in [2.45, 2.75) is 31.3 Å². The normalized spacial score (nSPS) is 23.3. The maximum absolute atomic E-state index is 10.3. The van der Waals surface area contributed by atoms with E-state index < -0.39 is 0 Å². The summed E-state index contributed by atoms with van der Waals surface area (Å²) in [5.41, 5.74) is 4.99. The van der Waals surface area contributed by atoms with Gasteiger partial charge in [0.2, 0.25) is 5.91 Å². The number of hydrogen-bond acceptors (Lipinski definition) is 10. The van der Waals surface area contributed by atoms with Crippen LogP contribution in [0.2, 0.25) is 0 Å². The number of carbonyl (C=O) groups is 1. The maximum atomic E-state index is 10.3. The van der Waals surface area contributed by atoms with Crippen LogP contribution in [0.25, 0.3) is 0 Å². The number of hydrogen-bond donors (Lipinski definition) is 4. The molecule has 41 heavy (non-hydrogen) atoms. The van der Waals surface area contributed by atoms with Crippen molar-refractivity contribution >= 4 is 5.91 Å². The molecule has 2 aromatic heterocycles. The molecule has 0 aromatic carbocycles. The van der Waals surface area contributed by atoms with Crippen molar-refractivity contribution in [2.24, 2.45) is 18.7 Å². The highest BCUT2D eigenvalue weighted by Gasteiger charge is 2.28. The topological polar surface area (TPSA) is 141 Å². The molecule has 0 aliphatic carbocycles. The number of pyridine rings is 1. The van der Waals surface area contributed by atoms with E-state index in [-0.39, 0.29) is 11.8 Å². The molecule has 2 aromatic rings. The van der Waals surface area contributed by atoms with Gasteiger partial charge in [-0.15, -0.1) is 0 Å². The van der Waals surface area contributed by atoms with Crippen LogP contribution in [0.5, 0.6) is 0 Å². The van der Waals surface area contributed by atoms with Crippen LogP contribution < -0.4 is 21.7 Å². The van der Waals surface area contributed by atoms with Gasteiger partial charge in [0.1, 0.15) is 0 Å². The first-order chi connectivity index (χ1) is 20.0. The van der Waals surface area contributed by atoms with Crippen LogP contribution in [0.3, 0.4) is 0 Å². The summed E-state index contributed by atoms with van der Waals surface area (Å²) in [5.74, 6) is -0.0388. The lowest BCUT2D eigenvalue weighted by molar-refractivity contribution is -0.126. The molecule has 232 valence electrons. The van der Waals surface area contributed by atoms with Gasteiger partial charge >= 0.3 is 0 Å². The van der Waals surface area contributed by atoms with Crippen LogP contribution in [0, 0.1) is 5.92 Å². The van der Waals surface area contributed by atoms with Gasteiger partial charge in [0.15, 0.2) is 0 Å². The molecule has 5 saturated heterocycles. The lowest BCUT2D eigenvalue weighted by Crippen LogP contribution is -2.50. The molecule has 5 fully saturated rings. The predicted molar refractivity (Wildman–Crippen MR) is 160 cm³/mol. The third kappa shape index (κ3) is 18.6. The smallest absolute Gasteiger partial charge is 0.223 e. The van der Waals surface area contributed by atoms with E-state index in [0.717, 1.165) is 78.9 Å². The number of likely N-dealkylation sites (tertiary alicyclic amines) is 1. The van der Waals surface area contributed by atoms with Gasteiger partial charge in [-0.05, 0) is 45.0 Å². The van der Waals surface area contributed by atoms with Gasteiger partial charge in [-0.1, -0.05) is 6.07 Å². The highest BCUT2D eigenvalue weighted by atomic mass is 16.5. The molecule has 12 heteroatoms. The van der Waals surface area contributed by atoms with Crippen LogP contribution in [-0.4, -0.2) is 123 Å². The Morgan fingerprint density at radius 3 is 1.78 bits per heavy atom. The number of amides is 1. The summed E-state index contributed by atoms with van der Waals surface area (Å²) in [7, 11) is 3.91. The zero-order chi connectivity index (χ0) is 29.4. The first-order valence-corrected chi connectivity index (χ1v) is 14.7. The van der Waals surface area contributed by atoms with E-state index in [1.165, 1.54) is 19.3 Å². The molecule has 5 N–H and O–H groups in total. The summed E-state index contributed by atoms with van der Waals surface area (Å²) in [6, 6.07) is 7.09. The molecule has 2 unspecified atom stereocenters. The third-order valence-corrected chi connectivity index (χ3v) is 6.55. The molecule has 1 amide bonds. The first kappa shape index (κ1) is 34.7. The van der Waals surface area contributed by atoms with E-state index in [9.17, 15) is 4.79 Å². The van der Waals surface area contributed by atoms with Gasteiger partial charge in [0.05, 0.1) is 45.3 Å². The number of fused-ring (bicyclic) bond motifs is 2. The SMILES string of the molecule is C1CC2COCC1N2.C1CNCCOC1.C1COCCN1.CN1CC(C(N)=O)C1.Cn1ccnc1.c1ccncc1. The maximum Gasteiger partial charge on any atom is 0.223 e. The Bertz CT molecular complexity index is 780. The summed E-state index contributed by atoms with van der Waals surface area (Å²) < 4.78 is 17.3. The van der Waals surface area contributed by atoms with Crippen molar-refractivity contribution < 1.29 is 19.0 Å². The molecular weight excluding hydrogens is 524 g/mol. The zero-order valence-electron chi connectivity index (χ0n) is 25.0. The van der Waals surface area contributed by atoms with Crippen LogP contribution in [0.1, 0.15) is 19.3 Å². The van der Waals surface area contributed by atoms with Gasteiger partial charge in [0, 0.05) is 83.2 Å². The minimum atomic E-state index is -0.164. The molecule has 12 nitrogen and oxygen atoms in total. The molecule has 5 aliphatic rings. The Hall–Kier alpha value is -2.45. The fourth-order valence-corrected chi connectivity index (χ4v) is 4.22. The van der Waals surface area contributed by atoms with E-state index >= 15 is 0 Å². The van der Waals surface area contributed by atoms with E-state index in [4.69, 9.17) is 19.9 Å². The quantitative estimate of drug-likeness (QED) is 0.374. The number of nitrogens with two attached hydrogens (primary N) is 1. The van der Waals surface area contributed by atoms with Gasteiger partial charge in [-0.2, -0.15) is 0 Å². The number of aromatic nitrogens is 3. The zero-order valence-corrected chi connectivity index (χ0v) is 25.0. The van der Waals surface area contributed by atoms with Crippen molar-refractivity contribution in [3.05, 3.63) is 49.3 Å². The Morgan fingerprint density at radius 2 is 1.41 bits per heavy atom. The van der Waals surface area contributed by atoms with Crippen molar-refractivity contribution in [2.75, 3.05) is 86.0 Å². The Balaban J connectivity index is 0.000000173. The second-order valence-corrected chi connectivity index (χ2v) is 10.3. The number of nitrogens with zero attached hydrogens (tertiary/aromatic N) is 4. The molecular formula is C29H52N8O4. The number of morpholine rings is 2. The number of nitrogens with one attached hydrogen (secondary N) is 3. The number of primary amides is 1. The summed E-state index contributed by atoms with van der Waals surface area (Å²) >= 11 is 0. The number of rotatable bonds is 1. The molecule has 2 atom stereocenters. The fourth-order valence-electron chi connectivity index (χ4n) is 4.22. The molecule has 0 saturated carbocycles. The first-order valence-electron chi connectivity index (χ1n) is 14.7. The Kier molecular flexibility index (Phi) is 19.6. The molecule has 2 bridgehead atoms. The molecule has 7 heterocycles. The van der Waals surface area contributed by atoms with Crippen LogP contribution in [-0.2, 0) is 26.1 Å². The summed E-state index contributed by atoms with van der Waals surface area (Å²) in [6.07, 6.45) is 12.7. The second-order valence-electron chi connectivity index (χ2n) is 10.3. The van der Waals surface area contributed by atoms with Crippen LogP contribution >= 0.6 is 0 Å². The molecule has 0 spiro atoms. The van der Waals surface area contributed by atoms with Gasteiger partial charge < -0.3 is 45.4 Å². The summed E-state index contributed by atoms with van der Waals surface area (Å²) in [6.45, 7) is 11.4. The lowest BCUT2D eigenvalue weighted by atomic mass is 10.0. The number of ether oxygens (including phenoxy) is 3. The van der Waals surface area contributed by atoms with Crippen LogP contribution in [0.4, 0.5) is 0 Å². The number of carbonyl (C=O) groups excluding carboxylic acids is 1. The highest BCUT2D eigenvalue weighted by molar-refractivity contribution is 5.78. The van der Waals surface area contributed by atoms with Crippen molar-refractivity contribution in [1.82, 2.24) is 35.4 Å². The minimum absolute atomic E-state index is 0.125. The Morgan fingerprint density at radius 1 is 0.805 bits per heavy atom. The lowest BCUT2D eigenvalue weighted by Gasteiger charge is -2.33. The molecule has 0 radical (unpaired) electrons. The summed E-state index contributed by atoms with van der Waals surface area (Å²) in [4.78, 5) is 20.0. The monoisotopic (exact) mass is 576 g/mol. The van der Waals surface area contributed by atoms with Gasteiger partial charge in [0.25, 0.3) is 0 Å². The third-order valence-electron chi connectivity index (χ3n) is 6.55. The standard InChI is InChI=1S/C6H11NO.C5H10N2O.C5H11NO.C5H5N.C4H6N2.C4H9NO/c1-2-6-4-8-3-5(1)7-6;1-7-2-4(3-7)5(6)8;1-2-6-3-5-7-4-1;1-2-4-6-5-3-1;1-6-3-2-5-4-6;1-3-6-4-2-5-1/h5-7H,1-4H2;4H,2-3H2,1H3,(H2,6,8);6H,1-5H2;1-5H;2-4H,1H3;5H,1-4H2. The van der Waals surface area contributed by atoms with Crippen LogP contribution in [0.15, 0.2) is 49.3 Å². The minimum Gasteiger partial charge on any atom is -0.380 e. The van der Waals surface area contributed by atoms with Crippen molar-refractivity contribution in [3.8, 4) is 0 Å². The molecule has 7 rings (SSSR count). The number of aryl methyl sites for hydroxylation is 1. The van der Waals surface area contributed by atoms with Gasteiger partial charge in [-0.25, -0.2) is 4.98 Å². The van der Waals surface area contributed by atoms with Crippen molar-refractivity contribution in [1.29, 1.82) is 0 Å². The van der Waals surface area contributed by atoms with E-state index in [1.54, 1.807) is 24.9 Å². The fraction of sp³-hybridized carbons (Fsp3) is 0.690. The highest BCUT2D eigenvalue weighted by Crippen LogP contribution is 2.17. The number of imidazole rings is 1. The average Bonchev–Trinajstić information content (AvgIpc) is 3.48. The van der Waals surface area contributed by atoms with E-state index in [1.807, 2.05) is 43.1 Å². The van der Waals surface area contributed by atoms with E-state index in [0.29, 0.717) is 12.1 Å². The second kappa shape index (κ2) is 23.1.